The van der Waals surface area contributed by atoms with Gasteiger partial charge in [-0.25, -0.2) is 9.59 Å². The zero-order chi connectivity index (χ0) is 15.0. The number of hydrogen-bond acceptors (Lipinski definition) is 4. The van der Waals surface area contributed by atoms with E-state index in [2.05, 4.69) is 0 Å². The van der Waals surface area contributed by atoms with Crippen molar-refractivity contribution >= 4 is 17.0 Å². The number of rotatable bonds is 3. The van der Waals surface area contributed by atoms with Crippen LogP contribution < -0.4 is 11.2 Å². The van der Waals surface area contributed by atoms with Crippen LogP contribution in [0, 0.1) is 0 Å². The van der Waals surface area contributed by atoms with Gasteiger partial charge >= 0.3 is 11.7 Å². The number of methoxy groups -OCH3 is 1. The zero-order valence-electron chi connectivity index (χ0n) is 12.0. The molecule has 0 aliphatic heterocycles. The Bertz CT molecular complexity index is 795. The highest BCUT2D eigenvalue weighted by Crippen LogP contribution is 2.17. The van der Waals surface area contributed by atoms with E-state index in [9.17, 15) is 14.4 Å². The Morgan fingerprint density at radius 1 is 1.25 bits per heavy atom. The monoisotopic (exact) mass is 279 g/mol. The SMILES string of the molecule is CCCn1c(C(=O)OC)cc2c(=O)n(C)c(=O)n(C)c21. The van der Waals surface area contributed by atoms with Crippen molar-refractivity contribution in [1.82, 2.24) is 13.7 Å². The van der Waals surface area contributed by atoms with Crippen LogP contribution in [0.15, 0.2) is 15.7 Å². The maximum Gasteiger partial charge on any atom is 0.354 e. The molecule has 0 radical (unpaired) electrons. The third-order valence-corrected chi connectivity index (χ3v) is 3.34. The molecule has 0 spiro atoms. The number of ether oxygens (including phenoxy) is 1. The Morgan fingerprint density at radius 2 is 1.90 bits per heavy atom. The van der Waals surface area contributed by atoms with Gasteiger partial charge in [0.15, 0.2) is 0 Å². The Hall–Kier alpha value is -2.31. The Kier molecular flexibility index (Phi) is 3.52. The second-order valence-electron chi connectivity index (χ2n) is 4.62. The molecule has 0 aliphatic rings. The van der Waals surface area contributed by atoms with Crippen molar-refractivity contribution in [2.75, 3.05) is 7.11 Å². The molecule has 2 rings (SSSR count). The van der Waals surface area contributed by atoms with Gasteiger partial charge in [0.05, 0.1) is 12.5 Å². The lowest BCUT2D eigenvalue weighted by molar-refractivity contribution is 0.0589. The van der Waals surface area contributed by atoms with Crippen LogP contribution in [-0.4, -0.2) is 26.8 Å². The number of hydrogen-bond donors (Lipinski definition) is 0. The normalized spacial score (nSPS) is 11.0. The molecule has 0 unspecified atom stereocenters. The molecule has 7 nitrogen and oxygen atoms in total. The Morgan fingerprint density at radius 3 is 2.45 bits per heavy atom. The molecule has 0 fully saturated rings. The van der Waals surface area contributed by atoms with Gasteiger partial charge in [-0.05, 0) is 12.5 Å². The number of fused-ring (bicyclic) bond motifs is 1. The molecule has 2 aromatic heterocycles. The van der Waals surface area contributed by atoms with Crippen molar-refractivity contribution in [3.63, 3.8) is 0 Å². The van der Waals surface area contributed by atoms with E-state index in [-0.39, 0.29) is 5.69 Å². The molecule has 0 amide bonds. The lowest BCUT2D eigenvalue weighted by Crippen LogP contribution is -2.37. The molecule has 0 atom stereocenters. The maximum atomic E-state index is 12.2. The average Bonchev–Trinajstić information content (AvgIpc) is 2.82. The molecular formula is C13H17N3O4. The minimum atomic E-state index is -0.524. The van der Waals surface area contributed by atoms with Crippen molar-refractivity contribution in [3.05, 3.63) is 32.6 Å². The summed E-state index contributed by atoms with van der Waals surface area (Å²) in [5, 5.41) is 0.337. The number of carbonyl (C=O) groups excluding carboxylic acids is 1. The van der Waals surface area contributed by atoms with Crippen LogP contribution in [0.5, 0.6) is 0 Å². The van der Waals surface area contributed by atoms with E-state index in [1.807, 2.05) is 6.92 Å². The smallest absolute Gasteiger partial charge is 0.354 e. The summed E-state index contributed by atoms with van der Waals surface area (Å²) in [5.74, 6) is -0.524. The van der Waals surface area contributed by atoms with Gasteiger partial charge in [0, 0.05) is 20.6 Å². The fourth-order valence-corrected chi connectivity index (χ4v) is 2.36. The summed E-state index contributed by atoms with van der Waals surface area (Å²) >= 11 is 0. The standard InChI is InChI=1S/C13H17N3O4/c1-5-6-16-9(12(18)20-4)7-8-10(16)14(2)13(19)15(3)11(8)17/h7H,5-6H2,1-4H3. The van der Waals surface area contributed by atoms with Crippen LogP contribution in [0.1, 0.15) is 23.8 Å². The first kappa shape index (κ1) is 14.1. The number of aryl methyl sites for hydroxylation is 2. The van der Waals surface area contributed by atoms with Gasteiger partial charge in [-0.15, -0.1) is 0 Å². The minimum absolute atomic E-state index is 0.280. The molecule has 2 heterocycles. The van der Waals surface area contributed by atoms with E-state index in [4.69, 9.17) is 4.74 Å². The zero-order valence-corrected chi connectivity index (χ0v) is 12.0. The third kappa shape index (κ3) is 1.86. The van der Waals surface area contributed by atoms with Crippen molar-refractivity contribution in [3.8, 4) is 0 Å². The van der Waals surface area contributed by atoms with E-state index in [0.29, 0.717) is 17.6 Å². The predicted molar refractivity (Wildman–Crippen MR) is 74.1 cm³/mol. The van der Waals surface area contributed by atoms with Gasteiger partial charge in [-0.2, -0.15) is 0 Å². The highest BCUT2D eigenvalue weighted by molar-refractivity contribution is 5.94. The number of aromatic nitrogens is 3. The molecule has 7 heteroatoms. The van der Waals surface area contributed by atoms with E-state index in [0.717, 1.165) is 11.0 Å². The molecule has 0 N–H and O–H groups in total. The summed E-state index contributed by atoms with van der Waals surface area (Å²) in [6.45, 7) is 2.47. The largest absolute Gasteiger partial charge is 0.464 e. The van der Waals surface area contributed by atoms with Gasteiger partial charge in [0.25, 0.3) is 5.56 Å². The Balaban J connectivity index is 2.99. The van der Waals surface area contributed by atoms with Crippen molar-refractivity contribution in [2.24, 2.45) is 14.1 Å². The predicted octanol–water partition coefficient (Wildman–Crippen LogP) is 0.235. The Labute approximate surface area is 115 Å². The van der Waals surface area contributed by atoms with E-state index >= 15 is 0 Å². The first-order valence-electron chi connectivity index (χ1n) is 6.31. The summed E-state index contributed by atoms with van der Waals surface area (Å²) < 4.78 is 8.80. The summed E-state index contributed by atoms with van der Waals surface area (Å²) in [5.41, 5.74) is -0.111. The molecule has 0 aromatic carbocycles. The van der Waals surface area contributed by atoms with Crippen LogP contribution >= 0.6 is 0 Å². The van der Waals surface area contributed by atoms with Crippen LogP contribution in [-0.2, 0) is 25.4 Å². The van der Waals surface area contributed by atoms with E-state index in [1.165, 1.54) is 24.8 Å². The number of nitrogens with zero attached hydrogens (tertiary/aromatic N) is 3. The second-order valence-corrected chi connectivity index (χ2v) is 4.62. The quantitative estimate of drug-likeness (QED) is 0.754. The molecule has 20 heavy (non-hydrogen) atoms. The van der Waals surface area contributed by atoms with Crippen LogP contribution in [0.3, 0.4) is 0 Å². The molecule has 0 saturated heterocycles. The first-order valence-corrected chi connectivity index (χ1v) is 6.31. The van der Waals surface area contributed by atoms with E-state index < -0.39 is 17.2 Å². The highest BCUT2D eigenvalue weighted by atomic mass is 16.5. The molecule has 0 bridgehead atoms. The molecule has 108 valence electrons. The second kappa shape index (κ2) is 4.99. The van der Waals surface area contributed by atoms with E-state index in [1.54, 1.807) is 11.6 Å². The molecule has 0 saturated carbocycles. The fourth-order valence-electron chi connectivity index (χ4n) is 2.36. The summed E-state index contributed by atoms with van der Waals surface area (Å²) in [4.78, 5) is 36.0. The lowest BCUT2D eigenvalue weighted by atomic mass is 10.3. The van der Waals surface area contributed by atoms with Crippen molar-refractivity contribution in [2.45, 2.75) is 19.9 Å². The average molecular weight is 279 g/mol. The van der Waals surface area contributed by atoms with Gasteiger partial charge < -0.3 is 9.30 Å². The van der Waals surface area contributed by atoms with Gasteiger partial charge in [-0.3, -0.25) is 13.9 Å². The fraction of sp³-hybridized carbons (Fsp3) is 0.462. The number of esters is 1. The van der Waals surface area contributed by atoms with Crippen LogP contribution in [0.25, 0.3) is 11.0 Å². The number of carbonyl (C=O) groups is 1. The van der Waals surface area contributed by atoms with Crippen molar-refractivity contribution in [1.29, 1.82) is 0 Å². The summed E-state index contributed by atoms with van der Waals surface area (Å²) in [6.07, 6.45) is 0.761. The topological polar surface area (TPSA) is 75.2 Å². The summed E-state index contributed by atoms with van der Waals surface area (Å²) in [7, 11) is 4.28. The summed E-state index contributed by atoms with van der Waals surface area (Å²) in [6, 6.07) is 1.48. The highest BCUT2D eigenvalue weighted by Gasteiger charge is 2.20. The molecule has 2 aromatic rings. The van der Waals surface area contributed by atoms with Gasteiger partial charge in [0.1, 0.15) is 11.3 Å². The first-order chi connectivity index (χ1) is 9.43. The molecular weight excluding hydrogens is 262 g/mol. The lowest BCUT2D eigenvalue weighted by Gasteiger charge is -2.10. The van der Waals surface area contributed by atoms with Gasteiger partial charge in [-0.1, -0.05) is 6.92 Å². The maximum absolute atomic E-state index is 12.2. The van der Waals surface area contributed by atoms with Crippen molar-refractivity contribution < 1.29 is 9.53 Å². The molecule has 0 aliphatic carbocycles. The van der Waals surface area contributed by atoms with Crippen LogP contribution in [0.4, 0.5) is 0 Å². The van der Waals surface area contributed by atoms with Crippen LogP contribution in [0.2, 0.25) is 0 Å². The third-order valence-electron chi connectivity index (χ3n) is 3.34. The minimum Gasteiger partial charge on any atom is -0.464 e. The van der Waals surface area contributed by atoms with Gasteiger partial charge in [0.2, 0.25) is 0 Å².